The first-order valence-corrected chi connectivity index (χ1v) is 8.23. The van der Waals surface area contributed by atoms with Crippen molar-refractivity contribution in [3.05, 3.63) is 11.1 Å². The van der Waals surface area contributed by atoms with E-state index in [9.17, 15) is 4.79 Å². The maximum absolute atomic E-state index is 11.8. The van der Waals surface area contributed by atoms with Crippen molar-refractivity contribution < 1.29 is 14.3 Å². The second-order valence-corrected chi connectivity index (χ2v) is 6.50. The third kappa shape index (κ3) is 4.99. The molecule has 1 aliphatic heterocycles. The summed E-state index contributed by atoms with van der Waals surface area (Å²) in [4.78, 5) is 18.6. The van der Waals surface area contributed by atoms with Crippen molar-refractivity contribution in [1.29, 1.82) is 0 Å². The number of hydrogen-bond acceptors (Lipinski definition) is 7. The summed E-state index contributed by atoms with van der Waals surface area (Å²) in [5.41, 5.74) is 6.63. The molecule has 2 rings (SSSR count). The van der Waals surface area contributed by atoms with Crippen LogP contribution in [0.5, 0.6) is 0 Å². The molecule has 7 nitrogen and oxygen atoms in total. The Morgan fingerprint density at radius 2 is 2.27 bits per heavy atom. The fourth-order valence-corrected chi connectivity index (χ4v) is 3.24. The minimum absolute atomic E-state index is 0.188. The Morgan fingerprint density at radius 3 is 2.91 bits per heavy atom. The van der Waals surface area contributed by atoms with E-state index in [0.29, 0.717) is 5.13 Å². The van der Waals surface area contributed by atoms with Gasteiger partial charge in [-0.3, -0.25) is 9.69 Å². The molecular formula is C14H24N4O3S. The van der Waals surface area contributed by atoms with Crippen LogP contribution in [0, 0.1) is 0 Å². The van der Waals surface area contributed by atoms with E-state index in [2.05, 4.69) is 29.0 Å². The van der Waals surface area contributed by atoms with Crippen LogP contribution in [0.4, 0.5) is 5.13 Å². The van der Waals surface area contributed by atoms with Gasteiger partial charge in [0.15, 0.2) is 5.13 Å². The second-order valence-electron chi connectivity index (χ2n) is 5.65. The van der Waals surface area contributed by atoms with E-state index in [4.69, 9.17) is 15.2 Å². The number of anilines is 1. The van der Waals surface area contributed by atoms with E-state index in [-0.39, 0.29) is 24.7 Å². The van der Waals surface area contributed by atoms with Crippen LogP contribution in [0.25, 0.3) is 0 Å². The lowest BCUT2D eigenvalue weighted by atomic mass is 10.2. The summed E-state index contributed by atoms with van der Waals surface area (Å²) in [6, 6.07) is -0.682. The van der Waals surface area contributed by atoms with E-state index >= 15 is 0 Å². The number of nitrogens with one attached hydrogen (secondary N) is 1. The van der Waals surface area contributed by atoms with Crippen molar-refractivity contribution in [3.63, 3.8) is 0 Å². The largest absolute Gasteiger partial charge is 0.383 e. The zero-order chi connectivity index (χ0) is 16.1. The van der Waals surface area contributed by atoms with Gasteiger partial charge < -0.3 is 20.5 Å². The molecule has 2 heterocycles. The van der Waals surface area contributed by atoms with Crippen LogP contribution in [0.3, 0.4) is 0 Å². The second kappa shape index (κ2) is 7.98. The molecule has 1 aliphatic rings. The maximum atomic E-state index is 11.8. The lowest BCUT2D eigenvalue weighted by molar-refractivity contribution is -0.118. The number of rotatable bonds is 6. The van der Waals surface area contributed by atoms with Crippen molar-refractivity contribution in [2.75, 3.05) is 32.1 Å². The standard InChI is InChI=1S/C14H24N4O3S/c1-9-4-18(5-10(2)21-9)6-11-8-22-14(16-11)17-13(19)12(15)7-20-3/h8-10,12H,4-7,15H2,1-3H3,(H,16,17,19). The predicted octanol–water partition coefficient (Wildman–Crippen LogP) is 0.665. The van der Waals surface area contributed by atoms with Gasteiger partial charge in [0.05, 0.1) is 24.5 Å². The molecule has 3 N–H and O–H groups in total. The highest BCUT2D eigenvalue weighted by Gasteiger charge is 2.23. The van der Waals surface area contributed by atoms with E-state index in [1.165, 1.54) is 18.4 Å². The monoisotopic (exact) mass is 328 g/mol. The SMILES string of the molecule is COCC(N)C(=O)Nc1nc(CN2CC(C)OC(C)C2)cs1. The van der Waals surface area contributed by atoms with Gasteiger partial charge in [-0.15, -0.1) is 11.3 Å². The maximum Gasteiger partial charge on any atom is 0.245 e. The van der Waals surface area contributed by atoms with Crippen LogP contribution < -0.4 is 11.1 Å². The first kappa shape index (κ1) is 17.3. The molecule has 1 fully saturated rings. The van der Waals surface area contributed by atoms with Crippen LogP contribution in [0.15, 0.2) is 5.38 Å². The van der Waals surface area contributed by atoms with E-state index < -0.39 is 6.04 Å². The molecule has 22 heavy (non-hydrogen) atoms. The molecule has 0 saturated carbocycles. The molecule has 1 aromatic rings. The van der Waals surface area contributed by atoms with Gasteiger partial charge in [-0.05, 0) is 13.8 Å². The summed E-state index contributed by atoms with van der Waals surface area (Å²) in [5, 5.41) is 5.25. The summed E-state index contributed by atoms with van der Waals surface area (Å²) in [6.45, 7) is 6.88. The Kier molecular flexibility index (Phi) is 6.27. The van der Waals surface area contributed by atoms with Crippen molar-refractivity contribution in [2.45, 2.75) is 38.6 Å². The third-order valence-corrected chi connectivity index (χ3v) is 4.15. The Morgan fingerprint density at radius 1 is 1.59 bits per heavy atom. The molecule has 124 valence electrons. The quantitative estimate of drug-likeness (QED) is 0.797. The fourth-order valence-electron chi connectivity index (χ4n) is 2.53. The molecule has 1 aromatic heterocycles. The molecule has 1 amide bonds. The number of carbonyl (C=O) groups excluding carboxylic acids is 1. The van der Waals surface area contributed by atoms with E-state index in [1.54, 1.807) is 0 Å². The smallest absolute Gasteiger partial charge is 0.245 e. The van der Waals surface area contributed by atoms with Crippen LogP contribution in [0.1, 0.15) is 19.5 Å². The van der Waals surface area contributed by atoms with Gasteiger partial charge in [0.2, 0.25) is 5.91 Å². The number of amides is 1. The summed E-state index contributed by atoms with van der Waals surface area (Å²) in [6.07, 6.45) is 0.460. The molecule has 3 unspecified atom stereocenters. The lowest BCUT2D eigenvalue weighted by Gasteiger charge is -2.34. The van der Waals surface area contributed by atoms with Crippen molar-refractivity contribution in [2.24, 2.45) is 5.73 Å². The molecule has 0 radical (unpaired) electrons. The van der Waals surface area contributed by atoms with Gasteiger partial charge in [0.1, 0.15) is 6.04 Å². The minimum atomic E-state index is -0.682. The first-order valence-electron chi connectivity index (χ1n) is 7.35. The van der Waals surface area contributed by atoms with Crippen molar-refractivity contribution in [1.82, 2.24) is 9.88 Å². The Bertz CT molecular complexity index is 486. The van der Waals surface area contributed by atoms with Gasteiger partial charge >= 0.3 is 0 Å². The van der Waals surface area contributed by atoms with E-state index in [0.717, 1.165) is 25.3 Å². The fraction of sp³-hybridized carbons (Fsp3) is 0.714. The zero-order valence-corrected chi connectivity index (χ0v) is 14.1. The average Bonchev–Trinajstić information content (AvgIpc) is 2.84. The third-order valence-electron chi connectivity index (χ3n) is 3.35. The summed E-state index contributed by atoms with van der Waals surface area (Å²) < 4.78 is 10.6. The minimum Gasteiger partial charge on any atom is -0.383 e. The molecule has 0 aliphatic carbocycles. The number of thiazole rings is 1. The summed E-state index contributed by atoms with van der Waals surface area (Å²) in [5.74, 6) is -0.281. The summed E-state index contributed by atoms with van der Waals surface area (Å²) in [7, 11) is 1.51. The summed E-state index contributed by atoms with van der Waals surface area (Å²) >= 11 is 1.41. The number of nitrogens with two attached hydrogens (primary N) is 1. The average molecular weight is 328 g/mol. The van der Waals surface area contributed by atoms with Gasteiger partial charge in [-0.2, -0.15) is 0 Å². The van der Waals surface area contributed by atoms with E-state index in [1.807, 2.05) is 5.38 Å². The molecule has 1 saturated heterocycles. The predicted molar refractivity (Wildman–Crippen MR) is 85.9 cm³/mol. The first-order chi connectivity index (χ1) is 10.5. The highest BCUT2D eigenvalue weighted by atomic mass is 32.1. The number of carbonyl (C=O) groups is 1. The molecule has 0 aromatic carbocycles. The number of aromatic nitrogens is 1. The van der Waals surface area contributed by atoms with Gasteiger partial charge in [-0.1, -0.05) is 0 Å². The van der Waals surface area contributed by atoms with Gasteiger partial charge in [-0.25, -0.2) is 4.98 Å². The number of morpholine rings is 1. The van der Waals surface area contributed by atoms with Crippen LogP contribution >= 0.6 is 11.3 Å². The van der Waals surface area contributed by atoms with Gasteiger partial charge in [0.25, 0.3) is 0 Å². The molecule has 0 bridgehead atoms. The number of hydrogen-bond donors (Lipinski definition) is 2. The van der Waals surface area contributed by atoms with Crippen molar-refractivity contribution >= 4 is 22.4 Å². The Balaban J connectivity index is 1.87. The highest BCUT2D eigenvalue weighted by Crippen LogP contribution is 2.19. The number of nitrogens with zero attached hydrogens (tertiary/aromatic N) is 2. The zero-order valence-electron chi connectivity index (χ0n) is 13.2. The Hall–Kier alpha value is -1.06. The van der Waals surface area contributed by atoms with Gasteiger partial charge in [0, 0.05) is 32.1 Å². The topological polar surface area (TPSA) is 89.7 Å². The Labute approximate surface area is 134 Å². The van der Waals surface area contributed by atoms with Crippen LogP contribution in [-0.2, 0) is 20.8 Å². The highest BCUT2D eigenvalue weighted by molar-refractivity contribution is 7.13. The van der Waals surface area contributed by atoms with Crippen LogP contribution in [-0.4, -0.2) is 60.8 Å². The normalized spacial score (nSPS) is 24.2. The van der Waals surface area contributed by atoms with Crippen LogP contribution in [0.2, 0.25) is 0 Å². The molecular weight excluding hydrogens is 304 g/mol. The number of methoxy groups -OCH3 is 1. The number of ether oxygens (including phenoxy) is 2. The van der Waals surface area contributed by atoms with Crippen molar-refractivity contribution in [3.8, 4) is 0 Å². The lowest BCUT2D eigenvalue weighted by Crippen LogP contribution is -2.44. The molecule has 8 heteroatoms. The molecule has 0 spiro atoms. The molecule has 3 atom stereocenters.